The average molecular weight is 370 g/mol. The Hall–Kier alpha value is -2.83. The topological polar surface area (TPSA) is 85.5 Å². The molecule has 0 bridgehead atoms. The number of aromatic amines is 1. The molecule has 2 heterocycles. The summed E-state index contributed by atoms with van der Waals surface area (Å²) < 4.78 is 0. The van der Waals surface area contributed by atoms with Gasteiger partial charge in [-0.3, -0.25) is 14.5 Å². The number of imide groups is 1. The predicted octanol–water partition coefficient (Wildman–Crippen LogP) is 2.28. The fourth-order valence-electron chi connectivity index (χ4n) is 3.77. The number of para-hydroxylation sites is 1. The van der Waals surface area contributed by atoms with Gasteiger partial charge in [-0.2, -0.15) is 0 Å². The van der Waals surface area contributed by atoms with E-state index < -0.39 is 12.1 Å². The van der Waals surface area contributed by atoms with Crippen LogP contribution in [-0.4, -0.2) is 57.3 Å². The highest BCUT2D eigenvalue weighted by Gasteiger charge is 2.40. The molecule has 0 aliphatic carbocycles. The average Bonchev–Trinajstić information content (AvgIpc) is 3.11. The number of rotatable bonds is 6. The molecule has 1 atom stereocenters. The summed E-state index contributed by atoms with van der Waals surface area (Å²) in [6.07, 6.45) is 2.24. The van der Waals surface area contributed by atoms with Crippen LogP contribution in [0.5, 0.6) is 0 Å². The molecule has 0 saturated carbocycles. The molecule has 7 nitrogen and oxygen atoms in total. The summed E-state index contributed by atoms with van der Waals surface area (Å²) in [5.74, 6) is -0.581. The molecule has 1 unspecified atom stereocenters. The van der Waals surface area contributed by atoms with Gasteiger partial charge in [0.15, 0.2) is 0 Å². The second-order valence-corrected chi connectivity index (χ2v) is 7.48. The highest BCUT2D eigenvalue weighted by atomic mass is 16.2. The number of carbonyl (C=O) groups is 3. The first-order valence-corrected chi connectivity index (χ1v) is 9.27. The highest BCUT2D eigenvalue weighted by Crippen LogP contribution is 2.21. The molecule has 27 heavy (non-hydrogen) atoms. The van der Waals surface area contributed by atoms with E-state index in [1.165, 1.54) is 0 Å². The molecule has 0 radical (unpaired) electrons. The van der Waals surface area contributed by atoms with Gasteiger partial charge >= 0.3 is 6.03 Å². The first-order chi connectivity index (χ1) is 12.8. The van der Waals surface area contributed by atoms with E-state index >= 15 is 0 Å². The smallest absolute Gasteiger partial charge is 0.325 e. The summed E-state index contributed by atoms with van der Waals surface area (Å²) in [5.41, 5.74) is 1.95. The van der Waals surface area contributed by atoms with E-state index in [0.29, 0.717) is 6.42 Å². The number of amides is 4. The van der Waals surface area contributed by atoms with Crippen molar-refractivity contribution in [3.63, 3.8) is 0 Å². The molecule has 1 saturated heterocycles. The van der Waals surface area contributed by atoms with Gasteiger partial charge in [0.2, 0.25) is 5.91 Å². The SMILES string of the molecule is CC(C)N(C(=O)CN1C(=O)NC(Cc2c[nH]c3ccccc23)C1=O)C(C)C. The van der Waals surface area contributed by atoms with Gasteiger partial charge in [-0.15, -0.1) is 0 Å². The lowest BCUT2D eigenvalue weighted by Crippen LogP contribution is -2.48. The van der Waals surface area contributed by atoms with Crippen LogP contribution in [-0.2, 0) is 16.0 Å². The fraction of sp³-hybridized carbons (Fsp3) is 0.450. The Morgan fingerprint density at radius 1 is 1.15 bits per heavy atom. The molecule has 1 aliphatic heterocycles. The van der Waals surface area contributed by atoms with E-state index in [2.05, 4.69) is 10.3 Å². The first-order valence-electron chi connectivity index (χ1n) is 9.27. The standard InChI is InChI=1S/C20H26N4O3/c1-12(2)24(13(3)4)18(25)11-23-19(26)17(22-20(23)27)9-14-10-21-16-8-6-5-7-15(14)16/h5-8,10,12-13,17,21H,9,11H2,1-4H3,(H,22,27). The summed E-state index contributed by atoms with van der Waals surface area (Å²) in [5, 5.41) is 3.74. The zero-order chi connectivity index (χ0) is 19.7. The van der Waals surface area contributed by atoms with E-state index in [4.69, 9.17) is 0 Å². The minimum absolute atomic E-state index is 0.000263. The lowest BCUT2D eigenvalue weighted by atomic mass is 10.1. The predicted molar refractivity (Wildman–Crippen MR) is 103 cm³/mol. The largest absolute Gasteiger partial charge is 0.361 e. The van der Waals surface area contributed by atoms with Gasteiger partial charge in [-0.25, -0.2) is 4.79 Å². The third-order valence-electron chi connectivity index (χ3n) is 4.90. The summed E-state index contributed by atoms with van der Waals surface area (Å²) >= 11 is 0. The van der Waals surface area contributed by atoms with Crippen LogP contribution in [0.3, 0.4) is 0 Å². The van der Waals surface area contributed by atoms with Gasteiger partial charge in [0.1, 0.15) is 12.6 Å². The van der Waals surface area contributed by atoms with Crippen LogP contribution in [0.2, 0.25) is 0 Å². The van der Waals surface area contributed by atoms with E-state index in [-0.39, 0.29) is 30.4 Å². The van der Waals surface area contributed by atoms with Crippen molar-refractivity contribution in [2.45, 2.75) is 52.2 Å². The van der Waals surface area contributed by atoms with Gasteiger partial charge in [-0.1, -0.05) is 18.2 Å². The Balaban J connectivity index is 1.72. The van der Waals surface area contributed by atoms with E-state index in [9.17, 15) is 14.4 Å². The van der Waals surface area contributed by atoms with Crippen molar-refractivity contribution in [1.29, 1.82) is 0 Å². The molecule has 1 aromatic carbocycles. The van der Waals surface area contributed by atoms with Gasteiger partial charge in [0.25, 0.3) is 5.91 Å². The number of urea groups is 1. The summed E-state index contributed by atoms with van der Waals surface area (Å²) in [4.78, 5) is 43.5. The van der Waals surface area contributed by atoms with E-state index in [1.807, 2.05) is 58.2 Å². The van der Waals surface area contributed by atoms with Crippen LogP contribution in [0.15, 0.2) is 30.5 Å². The van der Waals surface area contributed by atoms with Crippen molar-refractivity contribution in [3.05, 3.63) is 36.0 Å². The molecule has 4 amide bonds. The Bertz CT molecular complexity index is 863. The van der Waals surface area contributed by atoms with Gasteiger partial charge < -0.3 is 15.2 Å². The van der Waals surface area contributed by atoms with Crippen LogP contribution >= 0.6 is 0 Å². The first kappa shape index (κ1) is 18.9. The second-order valence-electron chi connectivity index (χ2n) is 7.48. The summed E-state index contributed by atoms with van der Waals surface area (Å²) in [6, 6.07) is 6.65. The molecule has 7 heteroatoms. The van der Waals surface area contributed by atoms with Crippen LogP contribution < -0.4 is 5.32 Å². The molecule has 1 fully saturated rings. The number of nitrogens with zero attached hydrogens (tertiary/aromatic N) is 2. The summed E-state index contributed by atoms with van der Waals surface area (Å²) in [7, 11) is 0. The third kappa shape index (κ3) is 3.67. The molecule has 144 valence electrons. The lowest BCUT2D eigenvalue weighted by molar-refractivity contribution is -0.139. The zero-order valence-electron chi connectivity index (χ0n) is 16.2. The number of benzene rings is 1. The minimum atomic E-state index is -0.656. The molecule has 3 rings (SSSR count). The summed E-state index contributed by atoms with van der Waals surface area (Å²) in [6.45, 7) is 7.45. The monoisotopic (exact) mass is 370 g/mol. The molecule has 1 aliphatic rings. The lowest BCUT2D eigenvalue weighted by Gasteiger charge is -2.31. The molecular weight excluding hydrogens is 344 g/mol. The third-order valence-corrected chi connectivity index (χ3v) is 4.90. The van der Waals surface area contributed by atoms with Crippen LogP contribution in [0, 0.1) is 0 Å². The zero-order valence-corrected chi connectivity index (χ0v) is 16.2. The minimum Gasteiger partial charge on any atom is -0.361 e. The molecule has 2 aromatic rings. The maximum absolute atomic E-state index is 12.7. The van der Waals surface area contributed by atoms with Crippen molar-refractivity contribution in [1.82, 2.24) is 20.1 Å². The molecule has 2 N–H and O–H groups in total. The van der Waals surface area contributed by atoms with Crippen molar-refractivity contribution >= 4 is 28.7 Å². The van der Waals surface area contributed by atoms with E-state index in [1.54, 1.807) is 4.90 Å². The van der Waals surface area contributed by atoms with Gasteiger partial charge in [-0.05, 0) is 39.3 Å². The number of hydrogen-bond donors (Lipinski definition) is 2. The molecule has 1 aromatic heterocycles. The second kappa shape index (κ2) is 7.42. The number of nitrogens with one attached hydrogen (secondary N) is 2. The molecular formula is C20H26N4O3. The Labute approximate surface area is 158 Å². The number of fused-ring (bicyclic) bond motifs is 1. The van der Waals surface area contributed by atoms with Crippen molar-refractivity contribution < 1.29 is 14.4 Å². The quantitative estimate of drug-likeness (QED) is 0.765. The highest BCUT2D eigenvalue weighted by molar-refractivity contribution is 6.06. The number of hydrogen-bond acceptors (Lipinski definition) is 3. The van der Waals surface area contributed by atoms with Crippen LogP contribution in [0.4, 0.5) is 4.79 Å². The van der Waals surface area contributed by atoms with Gasteiger partial charge in [0.05, 0.1) is 0 Å². The number of aromatic nitrogens is 1. The van der Waals surface area contributed by atoms with Gasteiger partial charge in [0, 0.05) is 35.6 Å². The maximum Gasteiger partial charge on any atom is 0.325 e. The van der Waals surface area contributed by atoms with E-state index in [0.717, 1.165) is 21.4 Å². The Morgan fingerprint density at radius 3 is 2.48 bits per heavy atom. The Morgan fingerprint density at radius 2 is 1.81 bits per heavy atom. The Kier molecular flexibility index (Phi) is 5.21. The maximum atomic E-state index is 12.7. The van der Waals surface area contributed by atoms with Crippen LogP contribution in [0.25, 0.3) is 10.9 Å². The number of H-pyrrole nitrogens is 1. The van der Waals surface area contributed by atoms with Crippen molar-refractivity contribution in [2.24, 2.45) is 0 Å². The molecule has 0 spiro atoms. The van der Waals surface area contributed by atoms with Crippen molar-refractivity contribution in [2.75, 3.05) is 6.54 Å². The number of carbonyl (C=O) groups excluding carboxylic acids is 3. The fourth-order valence-corrected chi connectivity index (χ4v) is 3.77. The normalized spacial score (nSPS) is 17.3. The van der Waals surface area contributed by atoms with Crippen molar-refractivity contribution in [3.8, 4) is 0 Å². The van der Waals surface area contributed by atoms with Crippen LogP contribution in [0.1, 0.15) is 33.3 Å².